The summed E-state index contributed by atoms with van der Waals surface area (Å²) in [6.07, 6.45) is 3.92. The molecule has 1 aromatic carbocycles. The number of hydrogen-bond acceptors (Lipinski definition) is 8. The number of anilines is 1. The van der Waals surface area contributed by atoms with Crippen LogP contribution in [0.3, 0.4) is 0 Å². The minimum atomic E-state index is -0.124. The smallest absolute Gasteiger partial charge is 0.251 e. The van der Waals surface area contributed by atoms with Gasteiger partial charge in [0.2, 0.25) is 0 Å². The van der Waals surface area contributed by atoms with Crippen LogP contribution in [0.15, 0.2) is 35.6 Å². The first-order valence-corrected chi connectivity index (χ1v) is 13.2. The average Bonchev–Trinajstić information content (AvgIpc) is 3.27. The van der Waals surface area contributed by atoms with Crippen LogP contribution in [-0.2, 0) is 11.3 Å². The molecule has 0 atom stereocenters. The summed E-state index contributed by atoms with van der Waals surface area (Å²) >= 11 is 1.64. The van der Waals surface area contributed by atoms with Gasteiger partial charge in [-0.3, -0.25) is 4.79 Å². The zero-order valence-corrected chi connectivity index (χ0v) is 21.5. The van der Waals surface area contributed by atoms with Crippen molar-refractivity contribution in [3.05, 3.63) is 36.0 Å². The molecule has 3 aromatic rings. The first-order valence-electron chi connectivity index (χ1n) is 12.3. The Bertz CT molecular complexity index is 1110. The highest BCUT2D eigenvalue weighted by Crippen LogP contribution is 2.29. The first-order chi connectivity index (χ1) is 17.0. The normalized spacial score (nSPS) is 14.0. The molecule has 0 radical (unpaired) electrons. The van der Waals surface area contributed by atoms with Crippen molar-refractivity contribution in [2.45, 2.75) is 50.6 Å². The van der Waals surface area contributed by atoms with Gasteiger partial charge in [0.25, 0.3) is 5.91 Å². The average molecular weight is 499 g/mol. The van der Waals surface area contributed by atoms with Gasteiger partial charge in [0.1, 0.15) is 11.6 Å². The Morgan fingerprint density at radius 3 is 2.69 bits per heavy atom. The number of nitrogens with one attached hydrogen (secondary N) is 1. The molecule has 4 rings (SSSR count). The standard InChI is InChI=1S/C25H34N6O3S/c1-4-5-14-34-20-8-6-19(7-9-20)24(32)26-10-11-31-23-21(17-27-31)22(30-12-15-33-16-13-30)28-25(29-23)35-18(2)3/h6-9,17-18H,4-5,10-16H2,1-3H3,(H,26,32). The second kappa shape index (κ2) is 12.2. The minimum absolute atomic E-state index is 0.124. The van der Waals surface area contributed by atoms with E-state index in [0.29, 0.717) is 43.7 Å². The number of nitrogens with zero attached hydrogens (tertiary/aromatic N) is 5. The Kier molecular flexibility index (Phi) is 8.81. The fraction of sp³-hybridized carbons (Fsp3) is 0.520. The first kappa shape index (κ1) is 25.2. The summed E-state index contributed by atoms with van der Waals surface area (Å²) in [5, 5.41) is 9.57. The van der Waals surface area contributed by atoms with E-state index in [1.807, 2.05) is 23.0 Å². The van der Waals surface area contributed by atoms with E-state index in [9.17, 15) is 4.79 Å². The molecule has 1 aliphatic rings. The predicted molar refractivity (Wildman–Crippen MR) is 139 cm³/mol. The Labute approximate surface area is 210 Å². The SMILES string of the molecule is CCCCOc1ccc(C(=O)NCCn2ncc3c(N4CCOCC4)nc(SC(C)C)nc32)cc1. The number of carbonyl (C=O) groups excluding carboxylic acids is 1. The summed E-state index contributed by atoms with van der Waals surface area (Å²) in [6.45, 7) is 11.0. The molecule has 3 heterocycles. The van der Waals surface area contributed by atoms with Gasteiger partial charge < -0.3 is 19.7 Å². The van der Waals surface area contributed by atoms with Gasteiger partial charge >= 0.3 is 0 Å². The summed E-state index contributed by atoms with van der Waals surface area (Å²) < 4.78 is 13.0. The third-order valence-electron chi connectivity index (χ3n) is 5.60. The maximum absolute atomic E-state index is 12.6. The maximum atomic E-state index is 12.6. The molecule has 1 fully saturated rings. The van der Waals surface area contributed by atoms with Crippen LogP contribution in [0, 0.1) is 0 Å². The largest absolute Gasteiger partial charge is 0.494 e. The van der Waals surface area contributed by atoms with Crippen molar-refractivity contribution in [3.63, 3.8) is 0 Å². The second-order valence-electron chi connectivity index (χ2n) is 8.68. The van der Waals surface area contributed by atoms with Crippen molar-refractivity contribution in [3.8, 4) is 5.75 Å². The van der Waals surface area contributed by atoms with Gasteiger partial charge in [0.05, 0.1) is 37.9 Å². The van der Waals surface area contributed by atoms with Crippen LogP contribution in [0.5, 0.6) is 5.75 Å². The minimum Gasteiger partial charge on any atom is -0.494 e. The highest BCUT2D eigenvalue weighted by Gasteiger charge is 2.20. The molecule has 1 N–H and O–H groups in total. The molecule has 10 heteroatoms. The number of carbonyl (C=O) groups is 1. The van der Waals surface area contributed by atoms with Gasteiger partial charge in [0.15, 0.2) is 10.8 Å². The van der Waals surface area contributed by atoms with Gasteiger partial charge in [-0.1, -0.05) is 39.0 Å². The van der Waals surface area contributed by atoms with E-state index in [2.05, 4.69) is 36.1 Å². The number of unbranched alkanes of at least 4 members (excludes halogenated alkanes) is 1. The lowest BCUT2D eigenvalue weighted by atomic mass is 10.2. The lowest BCUT2D eigenvalue weighted by molar-refractivity contribution is 0.0952. The number of hydrogen-bond donors (Lipinski definition) is 1. The Morgan fingerprint density at radius 1 is 1.20 bits per heavy atom. The van der Waals surface area contributed by atoms with E-state index in [0.717, 1.165) is 53.7 Å². The highest BCUT2D eigenvalue weighted by molar-refractivity contribution is 7.99. The van der Waals surface area contributed by atoms with E-state index < -0.39 is 0 Å². The molecule has 0 bridgehead atoms. The summed E-state index contributed by atoms with van der Waals surface area (Å²) in [5.41, 5.74) is 1.39. The molecule has 0 unspecified atom stereocenters. The quantitative estimate of drug-likeness (QED) is 0.243. The number of benzene rings is 1. The lowest BCUT2D eigenvalue weighted by Gasteiger charge is -2.28. The molecule has 188 valence electrons. The number of amides is 1. The molecule has 0 aliphatic carbocycles. The van der Waals surface area contributed by atoms with Crippen LogP contribution in [-0.4, -0.2) is 70.4 Å². The highest BCUT2D eigenvalue weighted by atomic mass is 32.2. The number of fused-ring (bicyclic) bond motifs is 1. The monoisotopic (exact) mass is 498 g/mol. The Hall–Kier alpha value is -2.85. The number of rotatable bonds is 11. The number of thioether (sulfide) groups is 1. The van der Waals surface area contributed by atoms with Crippen LogP contribution in [0.2, 0.25) is 0 Å². The molecule has 1 aliphatic heterocycles. The topological polar surface area (TPSA) is 94.4 Å². The van der Waals surface area contributed by atoms with Crippen LogP contribution in [0.1, 0.15) is 44.0 Å². The molecule has 2 aromatic heterocycles. The van der Waals surface area contributed by atoms with Crippen LogP contribution in [0.4, 0.5) is 5.82 Å². The van der Waals surface area contributed by atoms with Gasteiger partial charge in [-0.25, -0.2) is 14.6 Å². The van der Waals surface area contributed by atoms with Crippen molar-refractivity contribution in [2.24, 2.45) is 0 Å². The summed E-state index contributed by atoms with van der Waals surface area (Å²) in [5.74, 6) is 1.56. The molecular formula is C25H34N6O3S. The van der Waals surface area contributed by atoms with E-state index in [1.165, 1.54) is 0 Å². The van der Waals surface area contributed by atoms with Gasteiger partial charge in [-0.15, -0.1) is 0 Å². The molecule has 1 saturated heterocycles. The van der Waals surface area contributed by atoms with E-state index in [4.69, 9.17) is 19.4 Å². The Morgan fingerprint density at radius 2 is 1.97 bits per heavy atom. The van der Waals surface area contributed by atoms with Crippen molar-refractivity contribution >= 4 is 34.5 Å². The fourth-order valence-corrected chi connectivity index (χ4v) is 4.48. The van der Waals surface area contributed by atoms with E-state index in [-0.39, 0.29) is 5.91 Å². The molecule has 0 spiro atoms. The summed E-state index contributed by atoms with van der Waals surface area (Å²) in [7, 11) is 0. The molecule has 9 nitrogen and oxygen atoms in total. The number of morpholine rings is 1. The third-order valence-corrected chi connectivity index (χ3v) is 6.46. The van der Waals surface area contributed by atoms with Crippen molar-refractivity contribution < 1.29 is 14.3 Å². The second-order valence-corrected chi connectivity index (χ2v) is 10.2. The van der Waals surface area contributed by atoms with Gasteiger partial charge in [-0.2, -0.15) is 5.10 Å². The van der Waals surface area contributed by atoms with Crippen molar-refractivity contribution in [2.75, 3.05) is 44.4 Å². The maximum Gasteiger partial charge on any atom is 0.251 e. The fourth-order valence-electron chi connectivity index (χ4n) is 3.78. The number of ether oxygens (including phenoxy) is 2. The van der Waals surface area contributed by atoms with Gasteiger partial charge in [-0.05, 0) is 30.7 Å². The van der Waals surface area contributed by atoms with Crippen LogP contribution in [0.25, 0.3) is 11.0 Å². The zero-order chi connectivity index (χ0) is 24.6. The molecular weight excluding hydrogens is 464 g/mol. The molecule has 1 amide bonds. The predicted octanol–water partition coefficient (Wildman–Crippen LogP) is 3.77. The van der Waals surface area contributed by atoms with Crippen LogP contribution < -0.4 is 15.0 Å². The van der Waals surface area contributed by atoms with E-state index in [1.54, 1.807) is 23.9 Å². The Balaban J connectivity index is 1.43. The summed E-state index contributed by atoms with van der Waals surface area (Å²) in [4.78, 5) is 24.5. The molecule has 0 saturated carbocycles. The zero-order valence-electron chi connectivity index (χ0n) is 20.7. The van der Waals surface area contributed by atoms with Crippen molar-refractivity contribution in [1.82, 2.24) is 25.1 Å². The third kappa shape index (κ3) is 6.64. The molecule has 35 heavy (non-hydrogen) atoms. The van der Waals surface area contributed by atoms with E-state index >= 15 is 0 Å². The van der Waals surface area contributed by atoms with Gasteiger partial charge in [0, 0.05) is 30.4 Å². The van der Waals surface area contributed by atoms with Crippen LogP contribution >= 0.6 is 11.8 Å². The van der Waals surface area contributed by atoms with Crippen molar-refractivity contribution in [1.29, 1.82) is 0 Å². The number of aromatic nitrogens is 4. The summed E-state index contributed by atoms with van der Waals surface area (Å²) in [6, 6.07) is 7.25. The lowest BCUT2D eigenvalue weighted by Crippen LogP contribution is -2.37.